The third-order valence-corrected chi connectivity index (χ3v) is 8.20. The Bertz CT molecular complexity index is 1090. The first-order valence-electron chi connectivity index (χ1n) is 11.0. The quantitative estimate of drug-likeness (QED) is 0.697. The molecule has 1 heterocycles. The number of sulfonamides is 1. The number of para-hydroxylation sites is 1. The minimum atomic E-state index is -3.70. The minimum absolute atomic E-state index is 0.00309. The van der Waals surface area contributed by atoms with Crippen molar-refractivity contribution in [2.45, 2.75) is 49.5 Å². The van der Waals surface area contributed by atoms with Crippen LogP contribution in [0.1, 0.15) is 48.0 Å². The summed E-state index contributed by atoms with van der Waals surface area (Å²) < 4.78 is 32.7. The van der Waals surface area contributed by atoms with Crippen LogP contribution in [0.25, 0.3) is 0 Å². The van der Waals surface area contributed by atoms with Gasteiger partial charge in [0.05, 0.1) is 23.6 Å². The lowest BCUT2D eigenvalue weighted by atomic mass is 9.86. The van der Waals surface area contributed by atoms with Gasteiger partial charge >= 0.3 is 5.97 Å². The zero-order valence-electron chi connectivity index (χ0n) is 18.1. The Morgan fingerprint density at radius 1 is 1.00 bits per heavy atom. The molecule has 0 atom stereocenters. The number of benzene rings is 2. The van der Waals surface area contributed by atoms with Crippen LogP contribution < -0.4 is 9.62 Å². The summed E-state index contributed by atoms with van der Waals surface area (Å²) in [7, 11) is -2.31. The summed E-state index contributed by atoms with van der Waals surface area (Å²) in [5.41, 5.74) is 2.17. The second-order valence-corrected chi connectivity index (χ2v) is 10.2. The maximum absolute atomic E-state index is 13.2. The fraction of sp³-hybridized carbons (Fsp3) is 0.417. The van der Waals surface area contributed by atoms with Crippen molar-refractivity contribution in [2.24, 2.45) is 5.92 Å². The van der Waals surface area contributed by atoms with Gasteiger partial charge in [-0.1, -0.05) is 18.2 Å². The van der Waals surface area contributed by atoms with Crippen LogP contribution >= 0.6 is 0 Å². The number of esters is 1. The van der Waals surface area contributed by atoms with Gasteiger partial charge in [-0.05, 0) is 74.4 Å². The van der Waals surface area contributed by atoms with E-state index in [2.05, 4.69) is 5.32 Å². The number of nitrogens with one attached hydrogen (secondary N) is 1. The first kappa shape index (κ1) is 22.3. The number of anilines is 1. The lowest BCUT2D eigenvalue weighted by Gasteiger charge is -2.30. The highest BCUT2D eigenvalue weighted by atomic mass is 32.2. The molecule has 1 aliphatic carbocycles. The number of carbonyl (C=O) groups excluding carboxylic acids is 2. The monoisotopic (exact) mass is 456 g/mol. The molecule has 8 heteroatoms. The maximum Gasteiger partial charge on any atom is 0.308 e. The highest BCUT2D eigenvalue weighted by Gasteiger charge is 2.30. The Morgan fingerprint density at radius 2 is 1.69 bits per heavy atom. The third kappa shape index (κ3) is 4.50. The summed E-state index contributed by atoms with van der Waals surface area (Å²) in [5, 5.41) is 3.00. The van der Waals surface area contributed by atoms with E-state index in [-0.39, 0.29) is 28.7 Å². The van der Waals surface area contributed by atoms with Crippen molar-refractivity contribution in [3.8, 4) is 0 Å². The average molecular weight is 457 g/mol. The van der Waals surface area contributed by atoms with Crippen molar-refractivity contribution in [1.82, 2.24) is 5.32 Å². The summed E-state index contributed by atoms with van der Waals surface area (Å²) in [6.07, 6.45) is 4.44. The van der Waals surface area contributed by atoms with Gasteiger partial charge in [0.25, 0.3) is 15.9 Å². The van der Waals surface area contributed by atoms with E-state index in [1.807, 2.05) is 24.3 Å². The molecule has 0 unspecified atom stereocenters. The largest absolute Gasteiger partial charge is 0.469 e. The second kappa shape index (κ2) is 9.32. The normalized spacial score (nSPS) is 20.8. The van der Waals surface area contributed by atoms with Crippen molar-refractivity contribution in [2.75, 3.05) is 18.0 Å². The van der Waals surface area contributed by atoms with Crippen LogP contribution in [-0.4, -0.2) is 40.0 Å². The number of fused-ring (bicyclic) bond motifs is 1. The van der Waals surface area contributed by atoms with E-state index < -0.39 is 10.0 Å². The standard InChI is InChI=1S/C24H28N2O5S/c1-31-24(28)19-8-12-20(13-9-19)25-23(27)18-10-14-21(15-11-18)32(29,30)26-16-4-6-17-5-2-3-7-22(17)26/h2-3,5,7,10-11,14-15,19-20H,4,6,8-9,12-13,16H2,1H3,(H,25,27). The van der Waals surface area contributed by atoms with E-state index in [1.54, 1.807) is 12.1 Å². The fourth-order valence-corrected chi connectivity index (χ4v) is 6.10. The molecular weight excluding hydrogens is 428 g/mol. The van der Waals surface area contributed by atoms with E-state index >= 15 is 0 Å². The Hall–Kier alpha value is -2.87. The van der Waals surface area contributed by atoms with Crippen molar-refractivity contribution in [3.63, 3.8) is 0 Å². The highest BCUT2D eigenvalue weighted by Crippen LogP contribution is 2.32. The molecule has 32 heavy (non-hydrogen) atoms. The van der Waals surface area contributed by atoms with Crippen LogP contribution in [0.4, 0.5) is 5.69 Å². The van der Waals surface area contributed by atoms with Crippen molar-refractivity contribution < 1.29 is 22.7 Å². The first-order chi connectivity index (χ1) is 15.4. The minimum Gasteiger partial charge on any atom is -0.469 e. The molecule has 1 N–H and O–H groups in total. The van der Waals surface area contributed by atoms with Gasteiger partial charge in [0.15, 0.2) is 0 Å². The topological polar surface area (TPSA) is 92.8 Å². The molecule has 2 aliphatic rings. The molecule has 0 bridgehead atoms. The number of carbonyl (C=O) groups is 2. The molecular formula is C24H28N2O5S. The molecule has 170 valence electrons. The van der Waals surface area contributed by atoms with Crippen LogP contribution in [-0.2, 0) is 26.0 Å². The lowest BCUT2D eigenvalue weighted by molar-refractivity contribution is -0.146. The molecule has 2 aromatic rings. The van der Waals surface area contributed by atoms with Crippen LogP contribution in [0, 0.1) is 5.92 Å². The fourth-order valence-electron chi connectivity index (χ4n) is 4.56. The van der Waals surface area contributed by atoms with E-state index in [4.69, 9.17) is 4.74 Å². The summed E-state index contributed by atoms with van der Waals surface area (Å²) in [5.74, 6) is -0.528. The van der Waals surface area contributed by atoms with Crippen LogP contribution in [0.15, 0.2) is 53.4 Å². The van der Waals surface area contributed by atoms with Gasteiger partial charge in [-0.2, -0.15) is 0 Å². The predicted octanol–water partition coefficient (Wildman–Crippen LogP) is 3.29. The Balaban J connectivity index is 1.42. The zero-order valence-corrected chi connectivity index (χ0v) is 18.9. The maximum atomic E-state index is 13.2. The number of aryl methyl sites for hydroxylation is 1. The number of hydrogen-bond donors (Lipinski definition) is 1. The van der Waals surface area contributed by atoms with Gasteiger partial charge in [-0.3, -0.25) is 13.9 Å². The Kier molecular flexibility index (Phi) is 6.50. The SMILES string of the molecule is COC(=O)C1CCC(NC(=O)c2ccc(S(=O)(=O)N3CCCc4ccccc43)cc2)CC1. The van der Waals surface area contributed by atoms with Crippen molar-refractivity contribution in [1.29, 1.82) is 0 Å². The summed E-state index contributed by atoms with van der Waals surface area (Å²) in [6, 6.07) is 13.7. The van der Waals surface area contributed by atoms with Gasteiger partial charge < -0.3 is 10.1 Å². The molecule has 0 radical (unpaired) electrons. The molecule has 1 amide bonds. The van der Waals surface area contributed by atoms with E-state index in [0.717, 1.165) is 24.1 Å². The number of hydrogen-bond acceptors (Lipinski definition) is 5. The van der Waals surface area contributed by atoms with Crippen LogP contribution in [0.5, 0.6) is 0 Å². The van der Waals surface area contributed by atoms with E-state index in [1.165, 1.54) is 23.5 Å². The van der Waals surface area contributed by atoms with E-state index in [0.29, 0.717) is 37.8 Å². The molecule has 1 aliphatic heterocycles. The molecule has 0 saturated heterocycles. The number of methoxy groups -OCH3 is 1. The molecule has 1 saturated carbocycles. The first-order valence-corrected chi connectivity index (χ1v) is 12.4. The van der Waals surface area contributed by atoms with Gasteiger partial charge in [0, 0.05) is 18.2 Å². The number of rotatable bonds is 5. The van der Waals surface area contributed by atoms with Crippen molar-refractivity contribution in [3.05, 3.63) is 59.7 Å². The zero-order chi connectivity index (χ0) is 22.7. The molecule has 1 fully saturated rings. The summed E-state index contributed by atoms with van der Waals surface area (Å²) >= 11 is 0. The molecule has 0 aromatic heterocycles. The van der Waals surface area contributed by atoms with Crippen LogP contribution in [0.2, 0.25) is 0 Å². The van der Waals surface area contributed by atoms with Crippen LogP contribution in [0.3, 0.4) is 0 Å². The Morgan fingerprint density at radius 3 is 2.38 bits per heavy atom. The molecule has 4 rings (SSSR count). The molecule has 7 nitrogen and oxygen atoms in total. The van der Waals surface area contributed by atoms with E-state index in [9.17, 15) is 18.0 Å². The number of ether oxygens (including phenoxy) is 1. The van der Waals surface area contributed by atoms with Gasteiger partial charge in [0.2, 0.25) is 0 Å². The number of nitrogens with zero attached hydrogens (tertiary/aromatic N) is 1. The smallest absolute Gasteiger partial charge is 0.308 e. The van der Waals surface area contributed by atoms with Crippen molar-refractivity contribution >= 4 is 27.6 Å². The van der Waals surface area contributed by atoms with Gasteiger partial charge in [0.1, 0.15) is 0 Å². The third-order valence-electron chi connectivity index (χ3n) is 6.37. The average Bonchev–Trinajstić information content (AvgIpc) is 2.83. The predicted molar refractivity (Wildman–Crippen MR) is 121 cm³/mol. The van der Waals surface area contributed by atoms with Gasteiger partial charge in [-0.15, -0.1) is 0 Å². The lowest BCUT2D eigenvalue weighted by Crippen LogP contribution is -2.39. The summed E-state index contributed by atoms with van der Waals surface area (Å²) in [6.45, 7) is 0.440. The van der Waals surface area contributed by atoms with Gasteiger partial charge in [-0.25, -0.2) is 8.42 Å². The second-order valence-electron chi connectivity index (χ2n) is 8.38. The highest BCUT2D eigenvalue weighted by molar-refractivity contribution is 7.92. The molecule has 0 spiro atoms. The molecule has 2 aromatic carbocycles. The summed E-state index contributed by atoms with van der Waals surface area (Å²) in [4.78, 5) is 24.5. The Labute approximate surface area is 188 Å². The number of amides is 1.